The Hall–Kier alpha value is -8.10. The second kappa shape index (κ2) is 10.7. The van der Waals surface area contributed by atoms with Gasteiger partial charge < -0.3 is 0 Å². The molecule has 0 unspecified atom stereocenters. The van der Waals surface area contributed by atoms with E-state index in [2.05, 4.69) is 9.97 Å². The van der Waals surface area contributed by atoms with Crippen molar-refractivity contribution in [2.45, 2.75) is 0 Å². The minimum Gasteiger partial charge on any atom is -0.237 e. The largest absolute Gasteiger partial charge is 0.237 e. The Balaban J connectivity index is 2.29. The molecule has 12 heteroatoms. The van der Waals surface area contributed by atoms with Crippen molar-refractivity contribution in [3.05, 3.63) is 103 Å². The number of nitrogens with zero attached hydrogens (tertiary/aromatic N) is 12. The van der Waals surface area contributed by atoms with E-state index in [1.807, 2.05) is 24.3 Å². The van der Waals surface area contributed by atoms with Gasteiger partial charge in [-0.3, -0.25) is 0 Å². The Kier molecular flexibility index (Phi) is 6.87. The van der Waals surface area contributed by atoms with Crippen molar-refractivity contribution in [3.8, 4) is 60.7 Å². The summed E-state index contributed by atoms with van der Waals surface area (Å²) in [5.74, 6) is 0. The molecule has 0 fully saturated rings. The molecule has 2 aliphatic carbocycles. The molecule has 0 bridgehead atoms. The Morgan fingerprint density at radius 1 is 0.429 bits per heavy atom. The van der Waals surface area contributed by atoms with Gasteiger partial charge in [-0.1, -0.05) is 0 Å². The quantitative estimate of drug-likeness (QED) is 0.504. The van der Waals surface area contributed by atoms with Crippen molar-refractivity contribution < 1.29 is 0 Å². The summed E-state index contributed by atoms with van der Waals surface area (Å²) in [5, 5.41) is 98.3. The fourth-order valence-corrected chi connectivity index (χ4v) is 4.57. The maximum Gasteiger partial charge on any atom is 0.142 e. The predicted molar refractivity (Wildman–Crippen MR) is 136 cm³/mol. The molecular weight excluding hydrogens is 528 g/mol. The standard InChI is InChI=1S/C30H4N12/c31-5-15-1-19(11-37)41-23(3-15)27-21(13-39)29-26(18(9-35)10-36)28(24-4-16(6-32)2-20(12-38)42-24)22(14-40)30(29)25(27)17(7-33)8-34/h1-4H. The highest BCUT2D eigenvalue weighted by molar-refractivity contribution is 6.10. The van der Waals surface area contributed by atoms with Gasteiger partial charge in [0.15, 0.2) is 0 Å². The Labute approximate surface area is 237 Å². The molecule has 42 heavy (non-hydrogen) atoms. The number of hydrogen-bond acceptors (Lipinski definition) is 12. The molecule has 12 nitrogen and oxygen atoms in total. The van der Waals surface area contributed by atoms with E-state index in [1.54, 1.807) is 36.4 Å². The van der Waals surface area contributed by atoms with Gasteiger partial charge >= 0.3 is 0 Å². The number of allylic oxidation sites excluding steroid dienone is 10. The zero-order valence-corrected chi connectivity index (χ0v) is 20.7. The van der Waals surface area contributed by atoms with Gasteiger partial charge in [0.1, 0.15) is 71.1 Å². The molecule has 0 aromatic carbocycles. The summed E-state index contributed by atoms with van der Waals surface area (Å²) in [6.45, 7) is 0. The van der Waals surface area contributed by atoms with Crippen LogP contribution in [0.4, 0.5) is 0 Å². The molecule has 0 amide bonds. The lowest BCUT2D eigenvalue weighted by Gasteiger charge is -2.14. The summed E-state index contributed by atoms with van der Waals surface area (Å²) < 4.78 is 0. The van der Waals surface area contributed by atoms with E-state index in [4.69, 9.17) is 0 Å². The van der Waals surface area contributed by atoms with Crippen molar-refractivity contribution in [3.63, 3.8) is 0 Å². The summed E-state index contributed by atoms with van der Waals surface area (Å²) in [4.78, 5) is 8.32. The highest BCUT2D eigenvalue weighted by Gasteiger charge is 2.45. The highest BCUT2D eigenvalue weighted by Crippen LogP contribution is 2.57. The summed E-state index contributed by atoms with van der Waals surface area (Å²) >= 11 is 0. The van der Waals surface area contributed by atoms with Gasteiger partial charge in [-0.15, -0.1) is 0 Å². The number of pyridine rings is 2. The van der Waals surface area contributed by atoms with E-state index in [-0.39, 0.29) is 78.5 Å². The molecule has 184 valence electrons. The van der Waals surface area contributed by atoms with E-state index >= 15 is 0 Å². The van der Waals surface area contributed by atoms with Crippen molar-refractivity contribution >= 4 is 11.1 Å². The summed E-state index contributed by atoms with van der Waals surface area (Å²) in [5.41, 5.74) is -3.80. The molecule has 0 saturated heterocycles. The molecule has 2 heterocycles. The molecule has 0 N–H and O–H groups in total. The van der Waals surface area contributed by atoms with Crippen LogP contribution in [0.5, 0.6) is 0 Å². The molecule has 0 atom stereocenters. The van der Waals surface area contributed by atoms with E-state index in [0.29, 0.717) is 0 Å². The van der Waals surface area contributed by atoms with Gasteiger partial charge in [0.2, 0.25) is 0 Å². The van der Waals surface area contributed by atoms with E-state index in [1.165, 1.54) is 24.3 Å². The predicted octanol–water partition coefficient (Wildman–Crippen LogP) is 3.23. The Morgan fingerprint density at radius 2 is 0.786 bits per heavy atom. The van der Waals surface area contributed by atoms with Crippen LogP contribution >= 0.6 is 0 Å². The Morgan fingerprint density at radius 3 is 1.05 bits per heavy atom. The van der Waals surface area contributed by atoms with Crippen LogP contribution in [-0.4, -0.2) is 9.97 Å². The Bertz CT molecular complexity index is 2030. The van der Waals surface area contributed by atoms with Crippen molar-refractivity contribution in [1.29, 1.82) is 52.6 Å². The van der Waals surface area contributed by atoms with Gasteiger partial charge in [0.25, 0.3) is 0 Å². The fourth-order valence-electron chi connectivity index (χ4n) is 4.57. The van der Waals surface area contributed by atoms with Gasteiger partial charge in [-0.25, -0.2) is 9.97 Å². The van der Waals surface area contributed by atoms with Gasteiger partial charge in [0, 0.05) is 33.4 Å². The molecule has 0 radical (unpaired) electrons. The molecule has 0 aliphatic heterocycles. The average molecular weight is 532 g/mol. The van der Waals surface area contributed by atoms with Crippen LogP contribution < -0.4 is 0 Å². The lowest BCUT2D eigenvalue weighted by Crippen LogP contribution is -2.04. The minimum atomic E-state index is -0.578. The van der Waals surface area contributed by atoms with Gasteiger partial charge in [0.05, 0.1) is 45.8 Å². The lowest BCUT2D eigenvalue weighted by molar-refractivity contribution is 1.20. The second-order valence-electron chi connectivity index (χ2n) is 8.12. The monoisotopic (exact) mass is 532 g/mol. The first-order chi connectivity index (χ1) is 20.4. The molecule has 2 aliphatic rings. The number of hydrogen-bond donors (Lipinski definition) is 0. The van der Waals surface area contributed by atoms with Crippen LogP contribution in [-0.2, 0) is 0 Å². The first kappa shape index (κ1) is 26.9. The van der Waals surface area contributed by atoms with Crippen LogP contribution in [0.2, 0.25) is 0 Å². The normalized spacial score (nSPS) is 12.6. The summed E-state index contributed by atoms with van der Waals surface area (Å²) in [6.07, 6.45) is 0. The van der Waals surface area contributed by atoms with Crippen LogP contribution in [0.15, 0.2) is 68.9 Å². The SMILES string of the molecule is N#CC(C#N)=C1C2=C(C(C#N)=C1c1cc(C#N)cc(C#N)n1)C(=C(C#N)C#N)C(c1cc(C#N)cc(C#N)n1)=C2C#N. The summed E-state index contributed by atoms with van der Waals surface area (Å²) in [6, 6.07) is 22.8. The van der Waals surface area contributed by atoms with Crippen molar-refractivity contribution in [1.82, 2.24) is 9.97 Å². The highest BCUT2D eigenvalue weighted by atomic mass is 14.7. The third kappa shape index (κ3) is 3.94. The molecule has 2 aromatic heterocycles. The number of nitriles is 10. The number of aromatic nitrogens is 2. The molecule has 0 saturated carbocycles. The maximum atomic E-state index is 10.4. The fraction of sp³-hybridized carbons (Fsp3) is 0. The first-order valence-corrected chi connectivity index (χ1v) is 11.2. The molecule has 0 spiro atoms. The van der Waals surface area contributed by atoms with E-state index < -0.39 is 11.1 Å². The molecule has 4 rings (SSSR count). The zero-order valence-electron chi connectivity index (χ0n) is 20.7. The van der Waals surface area contributed by atoms with Crippen LogP contribution in [0, 0.1) is 113 Å². The van der Waals surface area contributed by atoms with Crippen molar-refractivity contribution in [2.24, 2.45) is 0 Å². The van der Waals surface area contributed by atoms with E-state index in [9.17, 15) is 52.6 Å². The van der Waals surface area contributed by atoms with Crippen molar-refractivity contribution in [2.75, 3.05) is 0 Å². The third-order valence-electron chi connectivity index (χ3n) is 6.07. The van der Waals surface area contributed by atoms with Gasteiger partial charge in [-0.2, -0.15) is 52.6 Å². The zero-order chi connectivity index (χ0) is 30.6. The minimum absolute atomic E-state index is 0.0352. The third-order valence-corrected chi connectivity index (χ3v) is 6.07. The van der Waals surface area contributed by atoms with Crippen LogP contribution in [0.25, 0.3) is 11.1 Å². The topological polar surface area (TPSA) is 264 Å². The summed E-state index contributed by atoms with van der Waals surface area (Å²) in [7, 11) is 0. The lowest BCUT2D eigenvalue weighted by atomic mass is 9.87. The number of rotatable bonds is 2. The first-order valence-electron chi connectivity index (χ1n) is 11.2. The van der Waals surface area contributed by atoms with Crippen LogP contribution in [0.3, 0.4) is 0 Å². The smallest absolute Gasteiger partial charge is 0.142 e. The second-order valence-corrected chi connectivity index (χ2v) is 8.12. The maximum absolute atomic E-state index is 10.4. The van der Waals surface area contributed by atoms with E-state index in [0.717, 1.165) is 0 Å². The average Bonchev–Trinajstić information content (AvgIpc) is 3.54. The molecular formula is C30H4N12. The van der Waals surface area contributed by atoms with Gasteiger partial charge in [-0.05, 0) is 24.3 Å². The van der Waals surface area contributed by atoms with Crippen LogP contribution in [0.1, 0.15) is 33.9 Å². The molecule has 2 aromatic rings.